The Morgan fingerprint density at radius 3 is 2.77 bits per heavy atom. The number of rotatable bonds is 4. The van der Waals surface area contributed by atoms with Crippen LogP contribution in [0.15, 0.2) is 29.4 Å². The Morgan fingerprint density at radius 1 is 1.50 bits per heavy atom. The Balaban J connectivity index is 2.16. The van der Waals surface area contributed by atoms with Crippen molar-refractivity contribution in [2.24, 2.45) is 12.1 Å². The zero-order valence-electron chi connectivity index (χ0n) is 11.8. The molecule has 22 heavy (non-hydrogen) atoms. The van der Waals surface area contributed by atoms with Crippen molar-refractivity contribution in [2.45, 2.75) is 6.92 Å². The maximum Gasteiger partial charge on any atom is 0.291 e. The fraction of sp³-hybridized carbons (Fsp3) is 0.154. The molecule has 1 N–H and O–H groups in total. The summed E-state index contributed by atoms with van der Waals surface area (Å²) in [7, 11) is 1.58. The van der Waals surface area contributed by atoms with Crippen LogP contribution in [0.25, 0.3) is 0 Å². The van der Waals surface area contributed by atoms with E-state index in [1.165, 1.54) is 23.0 Å². The molecule has 2 aromatic rings. The van der Waals surface area contributed by atoms with Gasteiger partial charge in [0.2, 0.25) is 0 Å². The van der Waals surface area contributed by atoms with Gasteiger partial charge in [0.05, 0.1) is 27.4 Å². The predicted molar refractivity (Wildman–Crippen MR) is 81.1 cm³/mol. The third-order valence-electron chi connectivity index (χ3n) is 2.87. The molecule has 1 aromatic heterocycles. The zero-order valence-corrected chi connectivity index (χ0v) is 12.5. The van der Waals surface area contributed by atoms with E-state index in [2.05, 4.69) is 15.6 Å². The number of carbonyl (C=O) groups excluding carboxylic acids is 1. The summed E-state index contributed by atoms with van der Waals surface area (Å²) in [4.78, 5) is 22.3. The number of carbonyl (C=O) groups is 1. The van der Waals surface area contributed by atoms with Crippen LogP contribution < -0.4 is 5.43 Å². The molecule has 8 nitrogen and oxygen atoms in total. The summed E-state index contributed by atoms with van der Waals surface area (Å²) in [6, 6.07) is 6.06. The number of hydrogen-bond acceptors (Lipinski definition) is 5. The zero-order chi connectivity index (χ0) is 16.3. The lowest BCUT2D eigenvalue weighted by molar-refractivity contribution is -0.385. The van der Waals surface area contributed by atoms with E-state index >= 15 is 0 Å². The van der Waals surface area contributed by atoms with Crippen molar-refractivity contribution in [3.63, 3.8) is 0 Å². The number of para-hydroxylation sites is 1. The average Bonchev–Trinajstić information content (AvgIpc) is 2.72. The highest BCUT2D eigenvalue weighted by Gasteiger charge is 2.18. The molecule has 2 rings (SSSR count). The van der Waals surface area contributed by atoms with E-state index in [1.807, 2.05) is 0 Å². The van der Waals surface area contributed by atoms with Gasteiger partial charge in [-0.2, -0.15) is 10.2 Å². The third-order valence-corrected chi connectivity index (χ3v) is 3.32. The molecule has 0 unspecified atom stereocenters. The highest BCUT2D eigenvalue weighted by molar-refractivity contribution is 6.34. The fourth-order valence-corrected chi connectivity index (χ4v) is 2.10. The van der Waals surface area contributed by atoms with Crippen LogP contribution in [-0.4, -0.2) is 26.8 Å². The van der Waals surface area contributed by atoms with E-state index in [1.54, 1.807) is 26.1 Å². The van der Waals surface area contributed by atoms with E-state index in [0.717, 1.165) is 0 Å². The number of nitro groups is 1. The molecule has 0 aliphatic heterocycles. The smallest absolute Gasteiger partial charge is 0.266 e. The van der Waals surface area contributed by atoms with Crippen LogP contribution in [0.2, 0.25) is 5.02 Å². The molecular weight excluding hydrogens is 310 g/mol. The van der Waals surface area contributed by atoms with Crippen LogP contribution >= 0.6 is 11.6 Å². The molecule has 0 spiro atoms. The van der Waals surface area contributed by atoms with Crippen molar-refractivity contribution < 1.29 is 9.72 Å². The minimum atomic E-state index is -0.553. The Labute approximate surface area is 130 Å². The van der Waals surface area contributed by atoms with Crippen LogP contribution in [0.1, 0.15) is 21.7 Å². The molecular formula is C13H12ClN5O3. The second kappa shape index (κ2) is 6.35. The molecule has 9 heteroatoms. The summed E-state index contributed by atoms with van der Waals surface area (Å²) in [5.74, 6) is -0.553. The summed E-state index contributed by atoms with van der Waals surface area (Å²) in [5, 5.41) is 18.8. The third kappa shape index (κ3) is 3.12. The monoisotopic (exact) mass is 321 g/mol. The molecule has 1 aromatic carbocycles. The molecule has 1 heterocycles. The van der Waals surface area contributed by atoms with Crippen LogP contribution in [0.4, 0.5) is 5.69 Å². The number of nitrogens with zero attached hydrogens (tertiary/aromatic N) is 4. The summed E-state index contributed by atoms with van der Waals surface area (Å²) in [5.41, 5.74) is 3.14. The molecule has 0 atom stereocenters. The van der Waals surface area contributed by atoms with E-state index in [0.29, 0.717) is 5.69 Å². The van der Waals surface area contributed by atoms with E-state index in [-0.39, 0.29) is 22.0 Å². The van der Waals surface area contributed by atoms with Gasteiger partial charge in [-0.15, -0.1) is 0 Å². The van der Waals surface area contributed by atoms with Gasteiger partial charge in [0.25, 0.3) is 11.6 Å². The van der Waals surface area contributed by atoms with Gasteiger partial charge in [-0.1, -0.05) is 23.7 Å². The van der Waals surface area contributed by atoms with Gasteiger partial charge in [-0.05, 0) is 13.0 Å². The first-order valence-corrected chi connectivity index (χ1v) is 6.55. The van der Waals surface area contributed by atoms with E-state index in [4.69, 9.17) is 11.6 Å². The van der Waals surface area contributed by atoms with Crippen molar-refractivity contribution in [1.82, 2.24) is 15.2 Å². The lowest BCUT2D eigenvalue weighted by atomic mass is 10.2. The summed E-state index contributed by atoms with van der Waals surface area (Å²) in [6.45, 7) is 1.68. The molecule has 0 saturated heterocycles. The quantitative estimate of drug-likeness (QED) is 0.529. The number of nitro benzene ring substituents is 1. The average molecular weight is 322 g/mol. The van der Waals surface area contributed by atoms with Gasteiger partial charge in [0.1, 0.15) is 5.69 Å². The van der Waals surface area contributed by atoms with Crippen molar-refractivity contribution in [1.29, 1.82) is 0 Å². The highest BCUT2D eigenvalue weighted by Crippen LogP contribution is 2.19. The second-order valence-corrected chi connectivity index (χ2v) is 4.76. The van der Waals surface area contributed by atoms with Crippen molar-refractivity contribution in [2.75, 3.05) is 0 Å². The maximum atomic E-state index is 12.0. The molecule has 0 radical (unpaired) electrons. The van der Waals surface area contributed by atoms with Gasteiger partial charge in [-0.25, -0.2) is 5.43 Å². The molecule has 1 amide bonds. The lowest BCUT2D eigenvalue weighted by Gasteiger charge is -2.01. The first-order chi connectivity index (χ1) is 10.4. The first-order valence-electron chi connectivity index (χ1n) is 6.17. The van der Waals surface area contributed by atoms with Crippen molar-refractivity contribution in [3.8, 4) is 0 Å². The van der Waals surface area contributed by atoms with Gasteiger partial charge >= 0.3 is 0 Å². The van der Waals surface area contributed by atoms with Gasteiger partial charge in [0.15, 0.2) is 0 Å². The minimum absolute atomic E-state index is 0.102. The highest BCUT2D eigenvalue weighted by atomic mass is 35.5. The predicted octanol–water partition coefficient (Wildman–Crippen LogP) is 2.05. The van der Waals surface area contributed by atoms with Crippen molar-refractivity contribution >= 4 is 29.4 Å². The number of halogens is 1. The lowest BCUT2D eigenvalue weighted by Crippen LogP contribution is -2.21. The van der Waals surface area contributed by atoms with E-state index < -0.39 is 10.8 Å². The standard InChI is InChI=1S/C13H12ClN5O3/c1-8-11(14)12(18(2)17-8)13(20)16-15-7-9-5-3-4-6-10(9)19(21)22/h3-7H,1-2H3,(H,16,20)/b15-7-. The van der Waals surface area contributed by atoms with E-state index in [9.17, 15) is 14.9 Å². The normalized spacial score (nSPS) is 10.9. The number of aryl methyl sites for hydroxylation is 2. The number of nitrogens with one attached hydrogen (secondary N) is 1. The molecule has 114 valence electrons. The maximum absolute atomic E-state index is 12.0. The fourth-order valence-electron chi connectivity index (χ4n) is 1.86. The van der Waals surface area contributed by atoms with Gasteiger partial charge in [0, 0.05) is 13.1 Å². The van der Waals surface area contributed by atoms with Crippen LogP contribution in [0, 0.1) is 17.0 Å². The SMILES string of the molecule is Cc1nn(C)c(C(=O)N/N=C\c2ccccc2[N+](=O)[O-])c1Cl. The Kier molecular flexibility index (Phi) is 4.52. The van der Waals surface area contributed by atoms with Crippen LogP contribution in [0.5, 0.6) is 0 Å². The molecule has 0 fully saturated rings. The van der Waals surface area contributed by atoms with Crippen LogP contribution in [0.3, 0.4) is 0 Å². The molecule has 0 aliphatic rings. The molecule has 0 bridgehead atoms. The van der Waals surface area contributed by atoms with Gasteiger partial charge < -0.3 is 0 Å². The summed E-state index contributed by atoms with van der Waals surface area (Å²) < 4.78 is 1.34. The number of aromatic nitrogens is 2. The Morgan fingerprint density at radius 2 is 2.18 bits per heavy atom. The first kappa shape index (κ1) is 15.6. The summed E-state index contributed by atoms with van der Waals surface area (Å²) >= 11 is 5.99. The second-order valence-electron chi connectivity index (χ2n) is 4.39. The van der Waals surface area contributed by atoms with Gasteiger partial charge in [-0.3, -0.25) is 19.6 Å². The number of hydrazone groups is 1. The largest absolute Gasteiger partial charge is 0.291 e. The Bertz CT molecular complexity index is 769. The minimum Gasteiger partial charge on any atom is -0.266 e. The molecule has 0 aliphatic carbocycles. The number of amides is 1. The van der Waals surface area contributed by atoms with Crippen molar-refractivity contribution in [3.05, 3.63) is 56.4 Å². The molecule has 0 saturated carbocycles. The number of benzene rings is 1. The van der Waals surface area contributed by atoms with Crippen LogP contribution in [-0.2, 0) is 7.05 Å². The topological polar surface area (TPSA) is 102 Å². The number of hydrogen-bond donors (Lipinski definition) is 1. The summed E-state index contributed by atoms with van der Waals surface area (Å²) in [6.07, 6.45) is 1.20. The Hall–Kier alpha value is -2.74.